The van der Waals surface area contributed by atoms with E-state index in [2.05, 4.69) is 5.32 Å². The first-order valence-corrected chi connectivity index (χ1v) is 4.60. The average molecular weight is 183 g/mol. The van der Waals surface area contributed by atoms with E-state index in [-0.39, 0.29) is 0 Å². The van der Waals surface area contributed by atoms with E-state index in [1.807, 2.05) is 20.0 Å². The number of nitrogens with one attached hydrogen (secondary N) is 1. The number of hydrogen-bond acceptors (Lipinski definition) is 3. The Kier molecular flexibility index (Phi) is 3.68. The van der Waals surface area contributed by atoms with Crippen LogP contribution in [0.5, 0.6) is 0 Å². The Balaban J connectivity index is 2.77. The van der Waals surface area contributed by atoms with Crippen LogP contribution in [0.3, 0.4) is 0 Å². The molecule has 0 atom stereocenters. The largest absolute Gasteiger partial charge is 0.494 e. The molecule has 0 aromatic carbocycles. The Morgan fingerprint density at radius 1 is 1.46 bits per heavy atom. The number of rotatable bonds is 4. The van der Waals surface area contributed by atoms with E-state index in [0.29, 0.717) is 6.61 Å². The molecule has 1 rings (SSSR count). The first-order valence-electron chi connectivity index (χ1n) is 4.60. The highest BCUT2D eigenvalue weighted by Gasteiger charge is 2.13. The van der Waals surface area contributed by atoms with Gasteiger partial charge in [-0.25, -0.2) is 0 Å². The fourth-order valence-corrected chi connectivity index (χ4v) is 1.37. The van der Waals surface area contributed by atoms with Crippen molar-refractivity contribution in [1.29, 1.82) is 0 Å². The molecule has 3 heteroatoms. The molecule has 0 radical (unpaired) electrons. The van der Waals surface area contributed by atoms with Crippen LogP contribution in [0.4, 0.5) is 0 Å². The molecule has 0 amide bonds. The molecule has 0 aromatic rings. The molecule has 13 heavy (non-hydrogen) atoms. The molecule has 0 heterocycles. The zero-order chi connectivity index (χ0) is 9.68. The minimum Gasteiger partial charge on any atom is -0.494 e. The van der Waals surface area contributed by atoms with Gasteiger partial charge in [0, 0.05) is 25.2 Å². The predicted molar refractivity (Wildman–Crippen MR) is 52.0 cm³/mol. The summed E-state index contributed by atoms with van der Waals surface area (Å²) in [6, 6.07) is 0. The van der Waals surface area contributed by atoms with Crippen molar-refractivity contribution < 1.29 is 9.47 Å². The van der Waals surface area contributed by atoms with Crippen molar-refractivity contribution in [1.82, 2.24) is 5.32 Å². The van der Waals surface area contributed by atoms with Crippen LogP contribution >= 0.6 is 0 Å². The number of allylic oxidation sites excluding steroid dienone is 3. The van der Waals surface area contributed by atoms with Gasteiger partial charge in [-0.05, 0) is 13.3 Å². The van der Waals surface area contributed by atoms with E-state index in [4.69, 9.17) is 9.47 Å². The van der Waals surface area contributed by atoms with Crippen LogP contribution in [-0.4, -0.2) is 20.8 Å². The maximum absolute atomic E-state index is 5.46. The second-order valence-electron chi connectivity index (χ2n) is 2.84. The van der Waals surface area contributed by atoms with Gasteiger partial charge < -0.3 is 14.8 Å². The fourth-order valence-electron chi connectivity index (χ4n) is 1.37. The Hall–Kier alpha value is -1.12. The maximum atomic E-state index is 5.46. The Labute approximate surface area is 79.4 Å². The quantitative estimate of drug-likeness (QED) is 0.720. The Morgan fingerprint density at radius 3 is 2.77 bits per heavy atom. The van der Waals surface area contributed by atoms with E-state index >= 15 is 0 Å². The summed E-state index contributed by atoms with van der Waals surface area (Å²) >= 11 is 0. The topological polar surface area (TPSA) is 30.5 Å². The lowest BCUT2D eigenvalue weighted by molar-refractivity contribution is 0.181. The summed E-state index contributed by atoms with van der Waals surface area (Å²) in [6.07, 6.45) is 3.91. The van der Waals surface area contributed by atoms with E-state index < -0.39 is 0 Å². The van der Waals surface area contributed by atoms with Gasteiger partial charge in [0.25, 0.3) is 0 Å². The van der Waals surface area contributed by atoms with Crippen LogP contribution in [0.15, 0.2) is 23.3 Å². The third-order valence-corrected chi connectivity index (χ3v) is 2.06. The van der Waals surface area contributed by atoms with E-state index in [1.165, 1.54) is 5.70 Å². The summed E-state index contributed by atoms with van der Waals surface area (Å²) in [7, 11) is 3.59. The van der Waals surface area contributed by atoms with E-state index in [9.17, 15) is 0 Å². The molecule has 0 aliphatic heterocycles. The smallest absolute Gasteiger partial charge is 0.158 e. The predicted octanol–water partition coefficient (Wildman–Crippen LogP) is 1.78. The first-order chi connectivity index (χ1) is 6.31. The number of ether oxygens (including phenoxy) is 2. The summed E-state index contributed by atoms with van der Waals surface area (Å²) in [5, 5.41) is 3.12. The van der Waals surface area contributed by atoms with Crippen LogP contribution in [0.2, 0.25) is 0 Å². The minimum absolute atomic E-state index is 0.699. The zero-order valence-corrected chi connectivity index (χ0v) is 8.52. The van der Waals surface area contributed by atoms with Crippen molar-refractivity contribution in [3.63, 3.8) is 0 Å². The summed E-state index contributed by atoms with van der Waals surface area (Å²) in [4.78, 5) is 0. The standard InChI is InChI=1S/C10H17NO2/c1-4-13-9-6-5-8(11-2)7-10(9)12-3/h7,11H,4-6H2,1-3H3. The molecule has 0 unspecified atom stereocenters. The maximum Gasteiger partial charge on any atom is 0.158 e. The van der Waals surface area contributed by atoms with Crippen molar-refractivity contribution in [3.05, 3.63) is 23.3 Å². The van der Waals surface area contributed by atoms with Gasteiger partial charge in [0.2, 0.25) is 0 Å². The van der Waals surface area contributed by atoms with Gasteiger partial charge in [0.1, 0.15) is 5.76 Å². The molecule has 0 saturated heterocycles. The van der Waals surface area contributed by atoms with Crippen molar-refractivity contribution in [2.75, 3.05) is 20.8 Å². The Bertz CT molecular complexity index is 231. The lowest BCUT2D eigenvalue weighted by atomic mass is 10.1. The highest BCUT2D eigenvalue weighted by atomic mass is 16.5. The van der Waals surface area contributed by atoms with Crippen molar-refractivity contribution in [3.8, 4) is 0 Å². The van der Waals surface area contributed by atoms with Crippen LogP contribution in [0.25, 0.3) is 0 Å². The van der Waals surface area contributed by atoms with Gasteiger partial charge in [-0.1, -0.05) is 0 Å². The molecule has 0 bridgehead atoms. The van der Waals surface area contributed by atoms with Gasteiger partial charge >= 0.3 is 0 Å². The van der Waals surface area contributed by atoms with Crippen LogP contribution in [0.1, 0.15) is 19.8 Å². The van der Waals surface area contributed by atoms with E-state index in [1.54, 1.807) is 7.11 Å². The summed E-state index contributed by atoms with van der Waals surface area (Å²) in [5.74, 6) is 1.81. The van der Waals surface area contributed by atoms with Crippen LogP contribution in [-0.2, 0) is 9.47 Å². The summed E-state index contributed by atoms with van der Waals surface area (Å²) in [6.45, 7) is 2.68. The van der Waals surface area contributed by atoms with Crippen LogP contribution in [0, 0.1) is 0 Å². The molecule has 1 aliphatic carbocycles. The molecule has 3 nitrogen and oxygen atoms in total. The van der Waals surface area contributed by atoms with Gasteiger partial charge in [-0.2, -0.15) is 0 Å². The van der Waals surface area contributed by atoms with Crippen LogP contribution < -0.4 is 5.32 Å². The number of hydrogen-bond donors (Lipinski definition) is 1. The molecular weight excluding hydrogens is 166 g/mol. The molecule has 0 fully saturated rings. The summed E-state index contributed by atoms with van der Waals surface area (Å²) < 4.78 is 10.7. The monoisotopic (exact) mass is 183 g/mol. The second-order valence-corrected chi connectivity index (χ2v) is 2.84. The van der Waals surface area contributed by atoms with Gasteiger partial charge in [0.15, 0.2) is 5.76 Å². The zero-order valence-electron chi connectivity index (χ0n) is 8.52. The van der Waals surface area contributed by atoms with Gasteiger partial charge in [-0.3, -0.25) is 0 Å². The average Bonchev–Trinajstić information content (AvgIpc) is 2.19. The highest BCUT2D eigenvalue weighted by molar-refractivity contribution is 5.25. The minimum atomic E-state index is 0.699. The number of methoxy groups -OCH3 is 1. The first kappa shape index (κ1) is 9.96. The van der Waals surface area contributed by atoms with Crippen molar-refractivity contribution in [2.24, 2.45) is 0 Å². The molecular formula is C10H17NO2. The third kappa shape index (κ3) is 2.41. The lowest BCUT2D eigenvalue weighted by Gasteiger charge is -2.18. The van der Waals surface area contributed by atoms with Gasteiger partial charge in [-0.15, -0.1) is 0 Å². The molecule has 1 N–H and O–H groups in total. The molecule has 0 spiro atoms. The molecule has 0 saturated carbocycles. The fraction of sp³-hybridized carbons (Fsp3) is 0.600. The van der Waals surface area contributed by atoms with Gasteiger partial charge in [0.05, 0.1) is 13.7 Å². The van der Waals surface area contributed by atoms with Crippen molar-refractivity contribution >= 4 is 0 Å². The Morgan fingerprint density at radius 2 is 2.23 bits per heavy atom. The third-order valence-electron chi connectivity index (χ3n) is 2.06. The summed E-state index contributed by atoms with van der Waals surface area (Å²) in [5.41, 5.74) is 1.19. The normalized spacial score (nSPS) is 16.7. The van der Waals surface area contributed by atoms with Crippen molar-refractivity contribution in [2.45, 2.75) is 19.8 Å². The highest BCUT2D eigenvalue weighted by Crippen LogP contribution is 2.23. The lowest BCUT2D eigenvalue weighted by Crippen LogP contribution is -2.12. The molecule has 74 valence electrons. The van der Waals surface area contributed by atoms with E-state index in [0.717, 1.165) is 24.4 Å². The second kappa shape index (κ2) is 4.80. The SMILES string of the molecule is CCOC1=C(OC)C=C(NC)CC1. The molecule has 0 aromatic heterocycles. The molecule has 1 aliphatic rings.